The molecule has 0 spiro atoms. The van der Waals surface area contributed by atoms with Crippen molar-refractivity contribution < 1.29 is 9.59 Å². The van der Waals surface area contributed by atoms with Crippen LogP contribution in [0.2, 0.25) is 0 Å². The Morgan fingerprint density at radius 3 is 2.00 bits per heavy atom. The first-order valence-corrected chi connectivity index (χ1v) is 3.23. The lowest BCUT2D eigenvalue weighted by atomic mass is 10.3. The van der Waals surface area contributed by atoms with Crippen molar-refractivity contribution >= 4 is 12.1 Å². The van der Waals surface area contributed by atoms with E-state index in [1.54, 1.807) is 0 Å². The van der Waals surface area contributed by atoms with Crippen LogP contribution in [0.1, 0.15) is 26.7 Å². The molecule has 0 heterocycles. The van der Waals surface area contributed by atoms with Gasteiger partial charge in [-0.3, -0.25) is 4.79 Å². The second kappa shape index (κ2) is 11.0. The van der Waals surface area contributed by atoms with Crippen LogP contribution in [0.15, 0.2) is 12.7 Å². The normalized spacial score (nSPS) is 7.00. The van der Waals surface area contributed by atoms with E-state index in [1.165, 1.54) is 6.92 Å². The quantitative estimate of drug-likeness (QED) is 0.342. The van der Waals surface area contributed by atoms with Crippen molar-refractivity contribution in [2.75, 3.05) is 0 Å². The molecule has 0 rings (SSSR count). The van der Waals surface area contributed by atoms with Gasteiger partial charge in [-0.05, 0) is 13.3 Å². The number of hydrogen-bond donors (Lipinski definition) is 0. The van der Waals surface area contributed by atoms with Crippen molar-refractivity contribution in [1.82, 2.24) is 0 Å². The monoisotopic (exact) mass is 142 g/mol. The maximum Gasteiger partial charge on any atom is 0.136 e. The predicted octanol–water partition coefficient (Wildman–Crippen LogP) is 1.75. The molecule has 0 fully saturated rings. The van der Waals surface area contributed by atoms with Crippen LogP contribution in [0.5, 0.6) is 0 Å². The van der Waals surface area contributed by atoms with Gasteiger partial charge in [-0.15, -0.1) is 6.58 Å². The number of hydrogen-bond acceptors (Lipinski definition) is 2. The molecule has 0 unspecified atom stereocenters. The van der Waals surface area contributed by atoms with Crippen LogP contribution in [-0.2, 0) is 9.59 Å². The van der Waals surface area contributed by atoms with E-state index in [0.29, 0.717) is 6.29 Å². The molecular formula is C8H14O2. The lowest BCUT2D eigenvalue weighted by Gasteiger charge is -1.71. The van der Waals surface area contributed by atoms with E-state index in [4.69, 9.17) is 0 Å². The number of carbonyl (C=O) groups is 2. The number of ketones is 1. The highest BCUT2D eigenvalue weighted by molar-refractivity contribution is 5.87. The van der Waals surface area contributed by atoms with Crippen LogP contribution >= 0.6 is 0 Å². The summed E-state index contributed by atoms with van der Waals surface area (Å²) in [5, 5.41) is 0. The van der Waals surface area contributed by atoms with E-state index < -0.39 is 0 Å². The van der Waals surface area contributed by atoms with Gasteiger partial charge in [-0.2, -0.15) is 0 Å². The topological polar surface area (TPSA) is 34.1 Å². The van der Waals surface area contributed by atoms with Crippen molar-refractivity contribution in [3.63, 3.8) is 0 Å². The summed E-state index contributed by atoms with van der Waals surface area (Å²) in [6.07, 6.45) is 3.61. The summed E-state index contributed by atoms with van der Waals surface area (Å²) < 4.78 is 0. The average Bonchev–Trinajstić information content (AvgIpc) is 1.89. The molecule has 0 N–H and O–H groups in total. The highest BCUT2D eigenvalue weighted by Crippen LogP contribution is 1.69. The number of Topliss-reactive ketones (excluding diaryl/α,β-unsaturated/α-hetero) is 1. The van der Waals surface area contributed by atoms with Gasteiger partial charge < -0.3 is 4.79 Å². The van der Waals surface area contributed by atoms with Gasteiger partial charge >= 0.3 is 0 Å². The second-order valence-corrected chi connectivity index (χ2v) is 1.77. The third-order valence-corrected chi connectivity index (χ3v) is 0.659. The summed E-state index contributed by atoms with van der Waals surface area (Å²) in [5.74, 6) is -0.0787. The zero-order valence-corrected chi connectivity index (χ0v) is 6.59. The third kappa shape index (κ3) is 27.6. The largest absolute Gasteiger partial charge is 0.303 e. The minimum atomic E-state index is -0.0787. The smallest absolute Gasteiger partial charge is 0.136 e. The maximum absolute atomic E-state index is 9.81. The van der Waals surface area contributed by atoms with Crippen LogP contribution in [0.4, 0.5) is 0 Å². The zero-order chi connectivity index (χ0) is 8.41. The first-order valence-electron chi connectivity index (χ1n) is 3.23. The van der Waals surface area contributed by atoms with Crippen molar-refractivity contribution in [2.45, 2.75) is 26.7 Å². The van der Waals surface area contributed by atoms with Gasteiger partial charge in [-0.25, -0.2) is 0 Å². The number of carbonyl (C=O) groups excluding carboxylic acids is 2. The zero-order valence-electron chi connectivity index (χ0n) is 6.59. The standard InChI is InChI=1S/C4H6O2.C4H8/c1-4(6)2-3-5;1-3-4-2/h3H,2H2,1H3;3H,1,4H2,2H3. The first-order chi connectivity index (χ1) is 4.68. The Morgan fingerprint density at radius 1 is 1.60 bits per heavy atom. The molecule has 0 saturated carbocycles. The Bertz CT molecular complexity index is 106. The summed E-state index contributed by atoms with van der Waals surface area (Å²) in [5.41, 5.74) is 0. The molecule has 2 nitrogen and oxygen atoms in total. The van der Waals surface area contributed by atoms with Gasteiger partial charge in [0.15, 0.2) is 0 Å². The minimum absolute atomic E-state index is 0.0556. The molecule has 0 bridgehead atoms. The van der Waals surface area contributed by atoms with E-state index in [2.05, 4.69) is 13.5 Å². The van der Waals surface area contributed by atoms with E-state index in [1.807, 2.05) is 6.08 Å². The molecule has 0 saturated heterocycles. The van der Waals surface area contributed by atoms with E-state index in [9.17, 15) is 9.59 Å². The molecule has 0 aliphatic rings. The fourth-order valence-electron chi connectivity index (χ4n) is 0.117. The highest BCUT2D eigenvalue weighted by atomic mass is 16.1. The molecule has 0 aromatic rings. The Labute approximate surface area is 61.9 Å². The summed E-state index contributed by atoms with van der Waals surface area (Å²) in [7, 11) is 0. The fourth-order valence-corrected chi connectivity index (χ4v) is 0.117. The summed E-state index contributed by atoms with van der Waals surface area (Å²) in [4.78, 5) is 19.2. The van der Waals surface area contributed by atoms with Crippen LogP contribution in [-0.4, -0.2) is 12.1 Å². The van der Waals surface area contributed by atoms with E-state index in [-0.39, 0.29) is 12.2 Å². The lowest BCUT2D eigenvalue weighted by molar-refractivity contribution is -0.120. The van der Waals surface area contributed by atoms with Gasteiger partial charge in [0.1, 0.15) is 12.1 Å². The summed E-state index contributed by atoms with van der Waals surface area (Å²) in [6.45, 7) is 6.92. The predicted molar refractivity (Wildman–Crippen MR) is 41.9 cm³/mol. The van der Waals surface area contributed by atoms with Crippen molar-refractivity contribution in [3.05, 3.63) is 12.7 Å². The van der Waals surface area contributed by atoms with E-state index >= 15 is 0 Å². The van der Waals surface area contributed by atoms with Gasteiger partial charge in [-0.1, -0.05) is 13.0 Å². The molecule has 0 radical (unpaired) electrons. The van der Waals surface area contributed by atoms with Gasteiger partial charge in [0.05, 0.1) is 6.42 Å². The van der Waals surface area contributed by atoms with Gasteiger partial charge in [0, 0.05) is 0 Å². The molecule has 0 amide bonds. The minimum Gasteiger partial charge on any atom is -0.303 e. The van der Waals surface area contributed by atoms with Crippen LogP contribution in [0.25, 0.3) is 0 Å². The molecule has 10 heavy (non-hydrogen) atoms. The summed E-state index contributed by atoms with van der Waals surface area (Å²) in [6, 6.07) is 0. The number of aldehydes is 1. The van der Waals surface area contributed by atoms with Crippen LogP contribution in [0, 0.1) is 0 Å². The summed E-state index contributed by atoms with van der Waals surface area (Å²) >= 11 is 0. The Morgan fingerprint density at radius 2 is 2.00 bits per heavy atom. The molecule has 0 aromatic heterocycles. The molecular weight excluding hydrogens is 128 g/mol. The third-order valence-electron chi connectivity index (χ3n) is 0.659. The molecule has 0 aliphatic carbocycles. The van der Waals surface area contributed by atoms with Gasteiger partial charge in [0.2, 0.25) is 0 Å². The molecule has 58 valence electrons. The molecule has 2 heteroatoms. The van der Waals surface area contributed by atoms with Crippen molar-refractivity contribution in [2.24, 2.45) is 0 Å². The fraction of sp³-hybridized carbons (Fsp3) is 0.500. The molecule has 0 atom stereocenters. The first kappa shape index (κ1) is 11.8. The van der Waals surface area contributed by atoms with Crippen LogP contribution in [0.3, 0.4) is 0 Å². The Kier molecular flexibility index (Phi) is 13.0. The number of allylic oxidation sites excluding steroid dienone is 1. The van der Waals surface area contributed by atoms with E-state index in [0.717, 1.165) is 6.42 Å². The van der Waals surface area contributed by atoms with Gasteiger partial charge in [0.25, 0.3) is 0 Å². The highest BCUT2D eigenvalue weighted by Gasteiger charge is 1.83. The lowest BCUT2D eigenvalue weighted by Crippen LogP contribution is -1.87. The average molecular weight is 142 g/mol. The van der Waals surface area contributed by atoms with Crippen molar-refractivity contribution in [1.29, 1.82) is 0 Å². The number of rotatable bonds is 3. The van der Waals surface area contributed by atoms with Crippen molar-refractivity contribution in [3.8, 4) is 0 Å². The maximum atomic E-state index is 9.81. The Hall–Kier alpha value is -0.920. The Balaban J connectivity index is 0. The molecule has 0 aromatic carbocycles. The second-order valence-electron chi connectivity index (χ2n) is 1.77. The SMILES string of the molecule is C=CCC.CC(=O)CC=O. The molecule has 0 aliphatic heterocycles. The van der Waals surface area contributed by atoms with Crippen LogP contribution < -0.4 is 0 Å².